The van der Waals surface area contributed by atoms with E-state index in [9.17, 15) is 4.79 Å². The lowest BCUT2D eigenvalue weighted by Crippen LogP contribution is -2.45. The molecule has 2 aromatic rings. The smallest absolute Gasteiger partial charge is 0.271 e. The van der Waals surface area contributed by atoms with E-state index in [2.05, 4.69) is 68.3 Å². The van der Waals surface area contributed by atoms with Gasteiger partial charge in [0.15, 0.2) is 0 Å². The van der Waals surface area contributed by atoms with Gasteiger partial charge in [0.1, 0.15) is 5.75 Å². The highest BCUT2D eigenvalue weighted by atomic mass is 16.5. The summed E-state index contributed by atoms with van der Waals surface area (Å²) in [6.07, 6.45) is 4.01. The third-order valence-electron chi connectivity index (χ3n) is 5.40. The maximum absolute atomic E-state index is 12.3. The van der Waals surface area contributed by atoms with E-state index in [0.29, 0.717) is 11.3 Å². The van der Waals surface area contributed by atoms with Gasteiger partial charge in [-0.15, -0.1) is 0 Å². The third-order valence-corrected chi connectivity index (χ3v) is 5.40. The zero-order valence-corrected chi connectivity index (χ0v) is 18.0. The van der Waals surface area contributed by atoms with Gasteiger partial charge < -0.3 is 9.64 Å². The number of carbonyl (C=O) groups is 1. The number of aryl methyl sites for hydroxylation is 1. The Bertz CT molecular complexity index is 972. The SMILES string of the molecule is CCN1c2cc(C)c(/C=N\NC(=O)c3ccc(OC)cc3)cc2C(C)=CC1(C)C. The van der Waals surface area contributed by atoms with E-state index in [4.69, 9.17) is 4.74 Å². The van der Waals surface area contributed by atoms with Gasteiger partial charge in [-0.1, -0.05) is 6.08 Å². The number of ether oxygens (including phenoxy) is 1. The van der Waals surface area contributed by atoms with Crippen molar-refractivity contribution < 1.29 is 9.53 Å². The molecule has 1 aliphatic heterocycles. The van der Waals surface area contributed by atoms with Crippen molar-refractivity contribution in [2.75, 3.05) is 18.6 Å². The molecule has 0 bridgehead atoms. The Morgan fingerprint density at radius 1 is 1.21 bits per heavy atom. The summed E-state index contributed by atoms with van der Waals surface area (Å²) >= 11 is 0. The number of amides is 1. The highest BCUT2D eigenvalue weighted by Gasteiger charge is 2.30. The number of benzene rings is 2. The lowest BCUT2D eigenvalue weighted by molar-refractivity contribution is 0.0955. The Kier molecular flexibility index (Phi) is 5.78. The summed E-state index contributed by atoms with van der Waals surface area (Å²) in [6, 6.07) is 11.3. The van der Waals surface area contributed by atoms with Crippen molar-refractivity contribution in [3.63, 3.8) is 0 Å². The van der Waals surface area contributed by atoms with Crippen molar-refractivity contribution in [1.82, 2.24) is 5.43 Å². The molecule has 1 amide bonds. The van der Waals surface area contributed by atoms with Crippen LogP contribution in [-0.2, 0) is 0 Å². The van der Waals surface area contributed by atoms with Crippen LogP contribution in [0.25, 0.3) is 5.57 Å². The van der Waals surface area contributed by atoms with Crippen LogP contribution in [-0.4, -0.2) is 31.3 Å². The van der Waals surface area contributed by atoms with Crippen LogP contribution < -0.4 is 15.1 Å². The van der Waals surface area contributed by atoms with Crippen molar-refractivity contribution in [3.8, 4) is 5.75 Å². The molecule has 0 aliphatic carbocycles. The van der Waals surface area contributed by atoms with Gasteiger partial charge in [-0.05, 0) is 87.7 Å². The van der Waals surface area contributed by atoms with E-state index in [1.54, 1.807) is 37.6 Å². The summed E-state index contributed by atoms with van der Waals surface area (Å²) in [6.45, 7) is 11.8. The van der Waals surface area contributed by atoms with Gasteiger partial charge in [-0.2, -0.15) is 5.10 Å². The van der Waals surface area contributed by atoms with Crippen LogP contribution in [0.15, 0.2) is 47.6 Å². The molecule has 152 valence electrons. The Morgan fingerprint density at radius 3 is 2.52 bits per heavy atom. The minimum atomic E-state index is -0.255. The molecule has 1 N–H and O–H groups in total. The first kappa shape index (κ1) is 20.6. The fourth-order valence-corrected chi connectivity index (χ4v) is 3.93. The summed E-state index contributed by atoms with van der Waals surface area (Å²) in [5.74, 6) is 0.456. The topological polar surface area (TPSA) is 53.9 Å². The molecular formula is C24H29N3O2. The predicted octanol–water partition coefficient (Wildman–Crippen LogP) is 4.79. The number of rotatable bonds is 5. The molecule has 0 fully saturated rings. The van der Waals surface area contributed by atoms with Crippen LogP contribution >= 0.6 is 0 Å². The first-order valence-corrected chi connectivity index (χ1v) is 9.86. The molecule has 0 unspecified atom stereocenters. The number of hydrazone groups is 1. The van der Waals surface area contributed by atoms with Gasteiger partial charge in [0.2, 0.25) is 0 Å². The molecule has 0 atom stereocenters. The normalized spacial score (nSPS) is 15.1. The van der Waals surface area contributed by atoms with Crippen LogP contribution in [0, 0.1) is 6.92 Å². The second kappa shape index (κ2) is 8.11. The van der Waals surface area contributed by atoms with Gasteiger partial charge in [0.05, 0.1) is 18.9 Å². The largest absolute Gasteiger partial charge is 0.497 e. The average molecular weight is 392 g/mol. The minimum absolute atomic E-state index is 0.0137. The van der Waals surface area contributed by atoms with Crippen molar-refractivity contribution in [2.45, 2.75) is 40.2 Å². The summed E-state index contributed by atoms with van der Waals surface area (Å²) in [4.78, 5) is 14.7. The monoisotopic (exact) mass is 391 g/mol. The van der Waals surface area contributed by atoms with Crippen molar-refractivity contribution >= 4 is 23.4 Å². The predicted molar refractivity (Wildman–Crippen MR) is 120 cm³/mol. The molecule has 0 saturated carbocycles. The Hall–Kier alpha value is -3.08. The molecule has 0 saturated heterocycles. The Morgan fingerprint density at radius 2 is 1.90 bits per heavy atom. The van der Waals surface area contributed by atoms with Crippen LogP contribution in [0.5, 0.6) is 5.75 Å². The van der Waals surface area contributed by atoms with Crippen molar-refractivity contribution in [1.29, 1.82) is 0 Å². The lowest BCUT2D eigenvalue weighted by Gasteiger charge is -2.43. The molecule has 5 nitrogen and oxygen atoms in total. The lowest BCUT2D eigenvalue weighted by atomic mass is 9.87. The van der Waals surface area contributed by atoms with Gasteiger partial charge in [0, 0.05) is 23.4 Å². The molecule has 1 aliphatic rings. The van der Waals surface area contributed by atoms with Crippen LogP contribution in [0.2, 0.25) is 0 Å². The minimum Gasteiger partial charge on any atom is -0.497 e. The molecule has 2 aromatic carbocycles. The number of nitrogens with one attached hydrogen (secondary N) is 1. The molecule has 0 radical (unpaired) electrons. The second-order valence-corrected chi connectivity index (χ2v) is 7.88. The molecule has 0 spiro atoms. The first-order valence-electron chi connectivity index (χ1n) is 9.86. The van der Waals surface area contributed by atoms with Gasteiger partial charge in [-0.3, -0.25) is 4.79 Å². The zero-order chi connectivity index (χ0) is 21.2. The molecule has 0 aromatic heterocycles. The summed E-state index contributed by atoms with van der Waals surface area (Å²) in [5, 5.41) is 4.17. The van der Waals surface area contributed by atoms with E-state index in [0.717, 1.165) is 17.7 Å². The van der Waals surface area contributed by atoms with Gasteiger partial charge in [0.25, 0.3) is 5.91 Å². The number of anilines is 1. The highest BCUT2D eigenvalue weighted by molar-refractivity contribution is 5.95. The summed E-state index contributed by atoms with van der Waals surface area (Å²) < 4.78 is 5.11. The van der Waals surface area contributed by atoms with E-state index in [1.165, 1.54) is 16.8 Å². The number of likely N-dealkylation sites (N-methyl/N-ethyl adjacent to an activating group) is 1. The summed E-state index contributed by atoms with van der Waals surface area (Å²) in [7, 11) is 1.60. The molecular weight excluding hydrogens is 362 g/mol. The fourth-order valence-electron chi connectivity index (χ4n) is 3.93. The first-order chi connectivity index (χ1) is 13.8. The van der Waals surface area contributed by atoms with Crippen LogP contribution in [0.3, 0.4) is 0 Å². The van der Waals surface area contributed by atoms with E-state index >= 15 is 0 Å². The van der Waals surface area contributed by atoms with Crippen LogP contribution in [0.1, 0.15) is 54.7 Å². The van der Waals surface area contributed by atoms with E-state index < -0.39 is 0 Å². The quantitative estimate of drug-likeness (QED) is 0.589. The number of carbonyl (C=O) groups excluding carboxylic acids is 1. The van der Waals surface area contributed by atoms with Crippen LogP contribution in [0.4, 0.5) is 5.69 Å². The second-order valence-electron chi connectivity index (χ2n) is 7.88. The van der Waals surface area contributed by atoms with E-state index in [-0.39, 0.29) is 11.4 Å². The number of allylic oxidation sites excluding steroid dienone is 1. The fraction of sp³-hybridized carbons (Fsp3) is 0.333. The third kappa shape index (κ3) is 4.19. The standard InChI is InChI=1S/C24H29N3O2/c1-7-27-22-12-16(2)19(13-21(22)17(3)14-24(27,4)5)15-25-26-23(28)18-8-10-20(29-6)11-9-18/h8-15H,7H2,1-6H3,(H,26,28)/b25-15-. The maximum Gasteiger partial charge on any atom is 0.271 e. The molecule has 29 heavy (non-hydrogen) atoms. The molecule has 5 heteroatoms. The average Bonchev–Trinajstić information content (AvgIpc) is 2.68. The number of hydrogen-bond donors (Lipinski definition) is 1. The van der Waals surface area contributed by atoms with Gasteiger partial charge in [-0.25, -0.2) is 5.43 Å². The highest BCUT2D eigenvalue weighted by Crippen LogP contribution is 2.39. The molecule has 1 heterocycles. The van der Waals surface area contributed by atoms with Crippen molar-refractivity contribution in [3.05, 3.63) is 64.7 Å². The van der Waals surface area contributed by atoms with Crippen molar-refractivity contribution in [2.24, 2.45) is 5.10 Å². The summed E-state index contributed by atoms with van der Waals surface area (Å²) in [5.41, 5.74) is 8.94. The van der Waals surface area contributed by atoms with E-state index in [1.807, 2.05) is 0 Å². The number of nitrogens with zero attached hydrogens (tertiary/aromatic N) is 2. The number of hydrogen-bond acceptors (Lipinski definition) is 4. The number of methoxy groups -OCH3 is 1. The Labute approximate surface area is 173 Å². The molecule has 3 rings (SSSR count). The van der Waals surface area contributed by atoms with Gasteiger partial charge >= 0.3 is 0 Å². The number of fused-ring (bicyclic) bond motifs is 1. The zero-order valence-electron chi connectivity index (χ0n) is 18.0. The Balaban J connectivity index is 1.81. The maximum atomic E-state index is 12.3.